The number of rotatable bonds is 5. The van der Waals surface area contributed by atoms with E-state index in [1.54, 1.807) is 5.57 Å². The van der Waals surface area contributed by atoms with E-state index in [4.69, 9.17) is 5.73 Å². The minimum absolute atomic E-state index is 0.294. The molecule has 1 unspecified atom stereocenters. The van der Waals surface area contributed by atoms with Crippen molar-refractivity contribution in [2.75, 3.05) is 11.5 Å². The molecular weight excluding hydrogens is 202 g/mol. The number of nitrogens with two attached hydrogens (primary N) is 1. The molecule has 1 nitrogen and oxygen atoms in total. The molecule has 1 aliphatic carbocycles. The first kappa shape index (κ1) is 13.1. The largest absolute Gasteiger partial charge is 0.324 e. The van der Waals surface area contributed by atoms with E-state index < -0.39 is 0 Å². The second-order valence-electron chi connectivity index (χ2n) is 5.33. The van der Waals surface area contributed by atoms with E-state index in [1.807, 2.05) is 11.8 Å². The number of allylic oxidation sites excluding steroid dienone is 1. The Morgan fingerprint density at radius 1 is 1.53 bits per heavy atom. The zero-order chi connectivity index (χ0) is 11.3. The Labute approximate surface area is 98.9 Å². The lowest BCUT2D eigenvalue weighted by Crippen LogP contribution is -2.31. The molecule has 0 aliphatic heterocycles. The Bertz CT molecular complexity index is 221. The average molecular weight is 227 g/mol. The Kier molecular flexibility index (Phi) is 5.20. The Hall–Kier alpha value is 0.0500. The highest BCUT2D eigenvalue weighted by Crippen LogP contribution is 2.36. The highest BCUT2D eigenvalue weighted by Gasteiger charge is 2.26. The van der Waals surface area contributed by atoms with Gasteiger partial charge in [-0.2, -0.15) is 11.8 Å². The van der Waals surface area contributed by atoms with Gasteiger partial charge in [-0.1, -0.05) is 32.4 Å². The maximum atomic E-state index is 6.05. The smallest absolute Gasteiger partial charge is 0.0231 e. The maximum Gasteiger partial charge on any atom is 0.0231 e. The van der Waals surface area contributed by atoms with Crippen molar-refractivity contribution in [2.24, 2.45) is 11.1 Å². The first-order valence-electron chi connectivity index (χ1n) is 6.06. The summed E-state index contributed by atoms with van der Waals surface area (Å²) in [6.07, 6.45) is 7.26. The predicted octanol–water partition coefficient (Wildman–Crippen LogP) is 3.59. The fourth-order valence-electron chi connectivity index (χ4n) is 2.46. The van der Waals surface area contributed by atoms with Gasteiger partial charge in [0, 0.05) is 6.04 Å². The Morgan fingerprint density at radius 3 is 2.87 bits per heavy atom. The summed E-state index contributed by atoms with van der Waals surface area (Å²) in [4.78, 5) is 0. The lowest BCUT2D eigenvalue weighted by atomic mass is 9.75. The molecule has 2 heteroatoms. The van der Waals surface area contributed by atoms with Crippen LogP contribution in [0.15, 0.2) is 11.6 Å². The van der Waals surface area contributed by atoms with Gasteiger partial charge >= 0.3 is 0 Å². The van der Waals surface area contributed by atoms with E-state index >= 15 is 0 Å². The summed E-state index contributed by atoms with van der Waals surface area (Å²) >= 11 is 2.04. The highest BCUT2D eigenvalue weighted by molar-refractivity contribution is 7.99. The van der Waals surface area contributed by atoms with E-state index in [1.165, 1.54) is 30.8 Å². The number of hydrogen-bond acceptors (Lipinski definition) is 2. The van der Waals surface area contributed by atoms with Crippen LogP contribution in [0.2, 0.25) is 0 Å². The molecule has 0 aromatic carbocycles. The van der Waals surface area contributed by atoms with Crippen LogP contribution in [0.3, 0.4) is 0 Å². The van der Waals surface area contributed by atoms with Crippen molar-refractivity contribution in [3.63, 3.8) is 0 Å². The summed E-state index contributed by atoms with van der Waals surface area (Å²) < 4.78 is 0. The monoisotopic (exact) mass is 227 g/mol. The van der Waals surface area contributed by atoms with Crippen molar-refractivity contribution in [2.45, 2.75) is 52.5 Å². The van der Waals surface area contributed by atoms with Gasteiger partial charge in [0.05, 0.1) is 0 Å². The summed E-state index contributed by atoms with van der Waals surface area (Å²) in [6.45, 7) is 6.89. The van der Waals surface area contributed by atoms with Gasteiger partial charge in [0.1, 0.15) is 0 Å². The minimum Gasteiger partial charge on any atom is -0.324 e. The molecule has 0 heterocycles. The predicted molar refractivity (Wildman–Crippen MR) is 71.3 cm³/mol. The molecule has 0 saturated heterocycles. The van der Waals surface area contributed by atoms with Crippen LogP contribution in [0.4, 0.5) is 0 Å². The van der Waals surface area contributed by atoms with Crippen LogP contribution >= 0.6 is 11.8 Å². The molecule has 1 rings (SSSR count). The summed E-state index contributed by atoms with van der Waals surface area (Å²) in [6, 6.07) is 0.294. The SMILES string of the molecule is CCSCCCC1=CC(N)CC(C)(C)C1. The lowest BCUT2D eigenvalue weighted by Gasteiger charge is -2.33. The van der Waals surface area contributed by atoms with Crippen molar-refractivity contribution in [1.82, 2.24) is 0 Å². The Morgan fingerprint density at radius 2 is 2.27 bits per heavy atom. The van der Waals surface area contributed by atoms with Crippen LogP contribution in [0.1, 0.15) is 46.5 Å². The lowest BCUT2D eigenvalue weighted by molar-refractivity contribution is 0.297. The van der Waals surface area contributed by atoms with Gasteiger partial charge in [-0.3, -0.25) is 0 Å². The fourth-order valence-corrected chi connectivity index (χ4v) is 3.10. The van der Waals surface area contributed by atoms with Crippen molar-refractivity contribution < 1.29 is 0 Å². The minimum atomic E-state index is 0.294. The van der Waals surface area contributed by atoms with Crippen LogP contribution in [0, 0.1) is 5.41 Å². The summed E-state index contributed by atoms with van der Waals surface area (Å²) in [5, 5.41) is 0. The van der Waals surface area contributed by atoms with Crippen LogP contribution in [-0.2, 0) is 0 Å². The molecule has 88 valence electrons. The molecule has 2 N–H and O–H groups in total. The van der Waals surface area contributed by atoms with Crippen LogP contribution < -0.4 is 5.73 Å². The van der Waals surface area contributed by atoms with Gasteiger partial charge in [-0.15, -0.1) is 0 Å². The third-order valence-corrected chi connectivity index (χ3v) is 3.92. The van der Waals surface area contributed by atoms with E-state index in [9.17, 15) is 0 Å². The molecule has 0 spiro atoms. The van der Waals surface area contributed by atoms with E-state index in [-0.39, 0.29) is 0 Å². The van der Waals surface area contributed by atoms with Crippen molar-refractivity contribution in [1.29, 1.82) is 0 Å². The molecule has 0 aromatic heterocycles. The van der Waals surface area contributed by atoms with E-state index in [0.29, 0.717) is 11.5 Å². The molecule has 0 radical (unpaired) electrons. The van der Waals surface area contributed by atoms with Gasteiger partial charge in [0.2, 0.25) is 0 Å². The second kappa shape index (κ2) is 5.95. The molecule has 0 saturated carbocycles. The first-order valence-corrected chi connectivity index (χ1v) is 7.22. The van der Waals surface area contributed by atoms with Gasteiger partial charge in [-0.05, 0) is 42.6 Å². The standard InChI is InChI=1S/C13H25NS/c1-4-15-7-5-6-11-8-12(14)10-13(2,3)9-11/h8,12H,4-7,9-10,14H2,1-3H3. The second-order valence-corrected chi connectivity index (χ2v) is 6.73. The molecule has 0 bridgehead atoms. The molecule has 0 amide bonds. The van der Waals surface area contributed by atoms with Crippen molar-refractivity contribution >= 4 is 11.8 Å². The quantitative estimate of drug-likeness (QED) is 0.574. The molecule has 1 atom stereocenters. The summed E-state index contributed by atoms with van der Waals surface area (Å²) in [5.41, 5.74) is 8.06. The van der Waals surface area contributed by atoms with E-state index in [2.05, 4.69) is 26.8 Å². The van der Waals surface area contributed by atoms with Gasteiger partial charge in [-0.25, -0.2) is 0 Å². The summed E-state index contributed by atoms with van der Waals surface area (Å²) in [7, 11) is 0. The van der Waals surface area contributed by atoms with E-state index in [0.717, 1.165) is 6.42 Å². The maximum absolute atomic E-state index is 6.05. The first-order chi connectivity index (χ1) is 7.03. The highest BCUT2D eigenvalue weighted by atomic mass is 32.2. The fraction of sp³-hybridized carbons (Fsp3) is 0.846. The topological polar surface area (TPSA) is 26.0 Å². The van der Waals surface area contributed by atoms with Crippen LogP contribution in [0.25, 0.3) is 0 Å². The molecule has 15 heavy (non-hydrogen) atoms. The average Bonchev–Trinajstić information content (AvgIpc) is 2.09. The third-order valence-electron chi connectivity index (χ3n) is 2.93. The van der Waals surface area contributed by atoms with Gasteiger partial charge < -0.3 is 5.73 Å². The number of thioether (sulfide) groups is 1. The zero-order valence-corrected chi connectivity index (χ0v) is 11.2. The number of hydrogen-bond donors (Lipinski definition) is 1. The van der Waals surface area contributed by atoms with Gasteiger partial charge in [0.25, 0.3) is 0 Å². The van der Waals surface area contributed by atoms with Gasteiger partial charge in [0.15, 0.2) is 0 Å². The van der Waals surface area contributed by atoms with Crippen molar-refractivity contribution in [3.8, 4) is 0 Å². The molecular formula is C13H25NS. The molecule has 0 fully saturated rings. The summed E-state index contributed by atoms with van der Waals surface area (Å²) in [5.74, 6) is 2.54. The third kappa shape index (κ3) is 5.07. The van der Waals surface area contributed by atoms with Crippen molar-refractivity contribution in [3.05, 3.63) is 11.6 Å². The molecule has 1 aliphatic rings. The Balaban J connectivity index is 2.34. The van der Waals surface area contributed by atoms with Crippen LogP contribution in [-0.4, -0.2) is 17.5 Å². The normalized spacial score (nSPS) is 25.1. The van der Waals surface area contributed by atoms with Crippen LogP contribution in [0.5, 0.6) is 0 Å². The molecule has 0 aromatic rings. The zero-order valence-electron chi connectivity index (χ0n) is 10.4.